The number of aromatic hydroxyl groups is 1. The topological polar surface area (TPSA) is 79.5 Å². The highest BCUT2D eigenvalue weighted by Gasteiger charge is 2.34. The number of halogens is 1. The quantitative estimate of drug-likeness (QED) is 0.468. The molecule has 0 fully saturated rings. The number of furan rings is 1. The van der Waals surface area contributed by atoms with Gasteiger partial charge < -0.3 is 9.52 Å². The second-order valence-electron chi connectivity index (χ2n) is 6.74. The lowest BCUT2D eigenvalue weighted by Gasteiger charge is -2.09. The number of imide groups is 1. The highest BCUT2D eigenvalue weighted by Crippen LogP contribution is 2.43. The van der Waals surface area contributed by atoms with Crippen LogP contribution in [0.4, 0.5) is 0 Å². The van der Waals surface area contributed by atoms with Crippen molar-refractivity contribution in [1.29, 1.82) is 0 Å². The van der Waals surface area contributed by atoms with Gasteiger partial charge in [0.1, 0.15) is 16.9 Å². The van der Waals surface area contributed by atoms with Crippen molar-refractivity contribution in [3.63, 3.8) is 0 Å². The van der Waals surface area contributed by atoms with E-state index in [0.717, 1.165) is 5.56 Å². The Labute approximate surface area is 164 Å². The van der Waals surface area contributed by atoms with Crippen LogP contribution in [0, 0.1) is 0 Å². The Kier molecular flexibility index (Phi) is 3.51. The number of carbonyl (C=O) groups excluding carboxylic acids is 2. The molecule has 1 aliphatic rings. The van der Waals surface area contributed by atoms with E-state index in [9.17, 15) is 14.7 Å². The molecular formula is C22H14ClNO4. The third kappa shape index (κ3) is 2.20. The zero-order chi connectivity index (χ0) is 19.6. The molecule has 0 saturated carbocycles. The SMILES string of the molecule is CCc1cc2oc3cc(-c4ccccc4Cl)c4c(c3c2cc1O)C(=O)NC4=O. The molecule has 2 N–H and O–H groups in total. The summed E-state index contributed by atoms with van der Waals surface area (Å²) in [6.45, 7) is 1.93. The Bertz CT molecular complexity index is 1340. The van der Waals surface area contributed by atoms with Crippen LogP contribution in [0.15, 0.2) is 46.9 Å². The van der Waals surface area contributed by atoms with Crippen molar-refractivity contribution < 1.29 is 19.1 Å². The highest BCUT2D eigenvalue weighted by atomic mass is 35.5. The summed E-state index contributed by atoms with van der Waals surface area (Å²) in [6.07, 6.45) is 0.640. The van der Waals surface area contributed by atoms with Crippen molar-refractivity contribution in [2.75, 3.05) is 0 Å². The second kappa shape index (κ2) is 5.84. The largest absolute Gasteiger partial charge is 0.508 e. The van der Waals surface area contributed by atoms with Crippen molar-refractivity contribution in [3.8, 4) is 16.9 Å². The van der Waals surface area contributed by atoms with Crippen molar-refractivity contribution in [2.24, 2.45) is 0 Å². The smallest absolute Gasteiger partial charge is 0.259 e. The van der Waals surface area contributed by atoms with E-state index in [0.29, 0.717) is 44.5 Å². The van der Waals surface area contributed by atoms with Gasteiger partial charge in [-0.3, -0.25) is 14.9 Å². The van der Waals surface area contributed by atoms with Crippen LogP contribution >= 0.6 is 11.6 Å². The minimum atomic E-state index is -0.485. The maximum absolute atomic E-state index is 12.6. The number of aryl methyl sites for hydroxylation is 1. The molecule has 0 bridgehead atoms. The van der Waals surface area contributed by atoms with Crippen molar-refractivity contribution >= 4 is 45.4 Å². The van der Waals surface area contributed by atoms with Gasteiger partial charge >= 0.3 is 0 Å². The summed E-state index contributed by atoms with van der Waals surface area (Å²) in [5.41, 5.74) is 3.46. The molecule has 0 radical (unpaired) electrons. The average molecular weight is 392 g/mol. The van der Waals surface area contributed by atoms with Crippen molar-refractivity contribution in [2.45, 2.75) is 13.3 Å². The molecule has 0 atom stereocenters. The van der Waals surface area contributed by atoms with Gasteiger partial charge in [-0.1, -0.05) is 36.7 Å². The second-order valence-corrected chi connectivity index (χ2v) is 7.15. The zero-order valence-electron chi connectivity index (χ0n) is 14.8. The first-order chi connectivity index (χ1) is 13.5. The van der Waals surface area contributed by atoms with E-state index in [-0.39, 0.29) is 16.9 Å². The van der Waals surface area contributed by atoms with E-state index in [1.807, 2.05) is 13.0 Å². The van der Waals surface area contributed by atoms with Gasteiger partial charge in [0.05, 0.1) is 11.1 Å². The third-order valence-corrected chi connectivity index (χ3v) is 5.52. The summed E-state index contributed by atoms with van der Waals surface area (Å²) < 4.78 is 6.02. The Morgan fingerprint density at radius 2 is 1.75 bits per heavy atom. The molecule has 6 heteroatoms. The van der Waals surface area contributed by atoms with Crippen LogP contribution in [0.5, 0.6) is 5.75 Å². The molecule has 0 aliphatic carbocycles. The molecule has 5 rings (SSSR count). The molecule has 0 spiro atoms. The molecule has 0 saturated heterocycles. The molecule has 2 amide bonds. The Balaban J connectivity index is 1.96. The van der Waals surface area contributed by atoms with Gasteiger partial charge in [0.25, 0.3) is 11.8 Å². The molecular weight excluding hydrogens is 378 g/mol. The number of phenols is 1. The monoisotopic (exact) mass is 391 g/mol. The van der Waals surface area contributed by atoms with Gasteiger partial charge in [-0.2, -0.15) is 0 Å². The van der Waals surface area contributed by atoms with Crippen LogP contribution in [0.25, 0.3) is 33.1 Å². The summed E-state index contributed by atoms with van der Waals surface area (Å²) >= 11 is 6.35. The van der Waals surface area contributed by atoms with Crippen LogP contribution in [0.2, 0.25) is 5.02 Å². The van der Waals surface area contributed by atoms with Crippen molar-refractivity contribution in [3.05, 3.63) is 64.2 Å². The number of carbonyl (C=O) groups is 2. The number of fused-ring (bicyclic) bond motifs is 5. The molecule has 1 aromatic heterocycles. The predicted octanol–water partition coefficient (Wildman–Crippen LogP) is 5.06. The van der Waals surface area contributed by atoms with Crippen LogP contribution in [0.3, 0.4) is 0 Å². The normalized spacial score (nSPS) is 13.4. The molecule has 138 valence electrons. The lowest BCUT2D eigenvalue weighted by Crippen LogP contribution is -2.20. The summed E-state index contributed by atoms with van der Waals surface area (Å²) in [5.74, 6) is -0.826. The number of nitrogens with one attached hydrogen (secondary N) is 1. The molecule has 4 aromatic rings. The van der Waals surface area contributed by atoms with Gasteiger partial charge in [-0.15, -0.1) is 0 Å². The van der Waals surface area contributed by atoms with Gasteiger partial charge in [0.15, 0.2) is 0 Å². The molecule has 3 aromatic carbocycles. The first-order valence-corrected chi connectivity index (χ1v) is 9.23. The standard InChI is InChI=1S/C22H14ClNO4/c1-2-10-7-16-13(8-15(10)25)18-17(28-16)9-12(11-5-3-4-6-14(11)23)19-20(18)22(27)24-21(19)26/h3-9,25H,2H2,1H3,(H,24,26,27). The maximum atomic E-state index is 12.6. The fourth-order valence-corrected chi connectivity index (χ4v) is 4.12. The number of amides is 2. The summed E-state index contributed by atoms with van der Waals surface area (Å²) in [7, 11) is 0. The van der Waals surface area contributed by atoms with Crippen LogP contribution in [-0.2, 0) is 6.42 Å². The molecule has 2 heterocycles. The minimum Gasteiger partial charge on any atom is -0.508 e. The fraction of sp³-hybridized carbons (Fsp3) is 0.0909. The molecule has 28 heavy (non-hydrogen) atoms. The first kappa shape index (κ1) is 16.8. The van der Waals surface area contributed by atoms with Gasteiger partial charge in [0, 0.05) is 26.9 Å². The number of hydrogen-bond acceptors (Lipinski definition) is 4. The van der Waals surface area contributed by atoms with Crippen LogP contribution < -0.4 is 5.32 Å². The van der Waals surface area contributed by atoms with Crippen molar-refractivity contribution in [1.82, 2.24) is 5.32 Å². The summed E-state index contributed by atoms with van der Waals surface area (Å²) in [5, 5.41) is 14.2. The predicted molar refractivity (Wildman–Crippen MR) is 107 cm³/mol. The summed E-state index contributed by atoms with van der Waals surface area (Å²) in [6, 6.07) is 12.2. The van der Waals surface area contributed by atoms with E-state index in [1.54, 1.807) is 36.4 Å². The third-order valence-electron chi connectivity index (χ3n) is 5.19. The number of phenolic OH excluding ortho intramolecular Hbond substituents is 1. The van der Waals surface area contributed by atoms with E-state index in [2.05, 4.69) is 5.32 Å². The van der Waals surface area contributed by atoms with Crippen LogP contribution in [-0.4, -0.2) is 16.9 Å². The minimum absolute atomic E-state index is 0.131. The summed E-state index contributed by atoms with van der Waals surface area (Å²) in [4.78, 5) is 25.2. The lowest BCUT2D eigenvalue weighted by atomic mass is 9.93. The Hall–Kier alpha value is -3.31. The fourth-order valence-electron chi connectivity index (χ4n) is 3.88. The number of rotatable bonds is 2. The number of benzene rings is 3. The van der Waals surface area contributed by atoms with E-state index in [1.165, 1.54) is 0 Å². The van der Waals surface area contributed by atoms with E-state index in [4.69, 9.17) is 16.0 Å². The van der Waals surface area contributed by atoms with Gasteiger partial charge in [0.2, 0.25) is 0 Å². The Morgan fingerprint density at radius 3 is 2.50 bits per heavy atom. The van der Waals surface area contributed by atoms with E-state index >= 15 is 0 Å². The van der Waals surface area contributed by atoms with E-state index < -0.39 is 11.8 Å². The molecule has 0 unspecified atom stereocenters. The number of hydrogen-bond donors (Lipinski definition) is 2. The van der Waals surface area contributed by atoms with Crippen LogP contribution in [0.1, 0.15) is 33.2 Å². The zero-order valence-corrected chi connectivity index (χ0v) is 15.6. The van der Waals surface area contributed by atoms with Gasteiger partial charge in [-0.25, -0.2) is 0 Å². The Morgan fingerprint density at radius 1 is 1.00 bits per heavy atom. The van der Waals surface area contributed by atoms with Gasteiger partial charge in [-0.05, 0) is 36.2 Å². The first-order valence-electron chi connectivity index (χ1n) is 8.85. The maximum Gasteiger partial charge on any atom is 0.259 e. The lowest BCUT2D eigenvalue weighted by molar-refractivity contribution is 0.0880. The molecule has 5 nitrogen and oxygen atoms in total. The molecule has 1 aliphatic heterocycles. The highest BCUT2D eigenvalue weighted by molar-refractivity contribution is 6.35. The average Bonchev–Trinajstić information content (AvgIpc) is 3.17.